The van der Waals surface area contributed by atoms with Crippen LogP contribution in [-0.2, 0) is 28.6 Å². The van der Waals surface area contributed by atoms with Crippen LogP contribution in [0.4, 0.5) is 0 Å². The second-order valence-electron chi connectivity index (χ2n) is 15.1. The lowest BCUT2D eigenvalue weighted by Crippen LogP contribution is -2.30. The predicted octanol–water partition coefficient (Wildman–Crippen LogP) is 15.4. The minimum atomic E-state index is -0.812. The Morgan fingerprint density at radius 2 is 0.667 bits per heavy atom. The SMILES string of the molecule is CC\C=C/C=C\C=C/C=C\C=C\C=C/CCCCCC(=O)OCC(COC(=O)CCCCCCC/C=C\CCCCC)OC(=O)CCCCCCC\C=C/C=C\C=C/CC. The molecule has 0 amide bonds. The normalized spacial score (nSPS) is 13.2. The van der Waals surface area contributed by atoms with E-state index in [-0.39, 0.29) is 37.5 Å². The molecule has 0 saturated heterocycles. The van der Waals surface area contributed by atoms with Crippen molar-refractivity contribution in [1.29, 1.82) is 0 Å². The minimum absolute atomic E-state index is 0.110. The molecule has 0 aliphatic heterocycles. The van der Waals surface area contributed by atoms with Crippen molar-refractivity contribution in [2.75, 3.05) is 13.2 Å². The third kappa shape index (κ3) is 44.9. The molecule has 1 atom stereocenters. The minimum Gasteiger partial charge on any atom is -0.462 e. The van der Waals surface area contributed by atoms with Crippen molar-refractivity contribution in [3.8, 4) is 0 Å². The summed E-state index contributed by atoms with van der Waals surface area (Å²) >= 11 is 0. The zero-order valence-corrected chi connectivity index (χ0v) is 38.2. The number of unbranched alkanes of at least 4 members (excludes halogenated alkanes) is 16. The van der Waals surface area contributed by atoms with Crippen LogP contribution in [0.3, 0.4) is 0 Å². The number of esters is 3. The van der Waals surface area contributed by atoms with E-state index < -0.39 is 6.10 Å². The van der Waals surface area contributed by atoms with Crippen LogP contribution in [0.1, 0.15) is 181 Å². The quantitative estimate of drug-likeness (QED) is 0.0201. The molecule has 6 nitrogen and oxygen atoms in total. The molecule has 0 aliphatic rings. The van der Waals surface area contributed by atoms with Gasteiger partial charge in [-0.3, -0.25) is 14.4 Å². The Morgan fingerprint density at radius 3 is 1.08 bits per heavy atom. The summed E-state index contributed by atoms with van der Waals surface area (Å²) in [5.41, 5.74) is 0. The zero-order valence-electron chi connectivity index (χ0n) is 38.2. The number of carbonyl (C=O) groups is 3. The highest BCUT2D eigenvalue weighted by atomic mass is 16.6. The summed E-state index contributed by atoms with van der Waals surface area (Å²) < 4.78 is 16.7. The first kappa shape index (κ1) is 55.8. The highest BCUT2D eigenvalue weighted by Crippen LogP contribution is 2.12. The maximum Gasteiger partial charge on any atom is 0.306 e. The molecular weight excluding hydrogens is 745 g/mol. The molecule has 6 heteroatoms. The van der Waals surface area contributed by atoms with Crippen LogP contribution in [0.5, 0.6) is 0 Å². The second kappa shape index (κ2) is 47.5. The van der Waals surface area contributed by atoms with Crippen molar-refractivity contribution in [2.45, 2.75) is 187 Å². The Balaban J connectivity index is 4.55. The average Bonchev–Trinajstić information content (AvgIpc) is 3.24. The molecule has 0 aliphatic carbocycles. The van der Waals surface area contributed by atoms with E-state index in [4.69, 9.17) is 14.2 Å². The summed E-state index contributed by atoms with van der Waals surface area (Å²) in [6, 6.07) is 0. The number of allylic oxidation sites excluding steroid dienone is 20. The number of rotatable bonds is 40. The van der Waals surface area contributed by atoms with E-state index in [0.717, 1.165) is 109 Å². The van der Waals surface area contributed by atoms with Gasteiger partial charge in [0.25, 0.3) is 0 Å². The van der Waals surface area contributed by atoms with E-state index in [2.05, 4.69) is 75.5 Å². The molecule has 0 rings (SSSR count). The van der Waals surface area contributed by atoms with Gasteiger partial charge < -0.3 is 14.2 Å². The molecule has 1 unspecified atom stereocenters. The van der Waals surface area contributed by atoms with Gasteiger partial charge >= 0.3 is 17.9 Å². The molecule has 0 radical (unpaired) electrons. The summed E-state index contributed by atoms with van der Waals surface area (Å²) in [7, 11) is 0. The molecular formula is C54H84O6. The van der Waals surface area contributed by atoms with Crippen LogP contribution in [-0.4, -0.2) is 37.2 Å². The zero-order chi connectivity index (χ0) is 43.7. The van der Waals surface area contributed by atoms with Gasteiger partial charge in [0.15, 0.2) is 6.10 Å². The average molecular weight is 829 g/mol. The highest BCUT2D eigenvalue weighted by Gasteiger charge is 2.19. The molecule has 0 N–H and O–H groups in total. The topological polar surface area (TPSA) is 78.9 Å². The van der Waals surface area contributed by atoms with Crippen molar-refractivity contribution in [3.63, 3.8) is 0 Å². The summed E-state index contributed by atoms with van der Waals surface area (Å²) in [4.78, 5) is 37.8. The van der Waals surface area contributed by atoms with Gasteiger partial charge in [-0.05, 0) is 83.5 Å². The van der Waals surface area contributed by atoms with Crippen LogP contribution < -0.4 is 0 Å². The summed E-state index contributed by atoms with van der Waals surface area (Å²) in [6.07, 6.45) is 64.6. The number of ether oxygens (including phenoxy) is 3. The van der Waals surface area contributed by atoms with Crippen molar-refractivity contribution < 1.29 is 28.6 Å². The van der Waals surface area contributed by atoms with Crippen LogP contribution in [0, 0.1) is 0 Å². The fourth-order valence-electron chi connectivity index (χ4n) is 5.88. The number of hydrogen-bond donors (Lipinski definition) is 0. The van der Waals surface area contributed by atoms with E-state index in [9.17, 15) is 14.4 Å². The third-order valence-electron chi connectivity index (χ3n) is 9.40. The lowest BCUT2D eigenvalue weighted by Gasteiger charge is -2.18. The molecule has 0 spiro atoms. The second-order valence-corrected chi connectivity index (χ2v) is 15.1. The van der Waals surface area contributed by atoms with Gasteiger partial charge in [0.05, 0.1) is 0 Å². The molecule has 0 aromatic carbocycles. The number of hydrogen-bond acceptors (Lipinski definition) is 6. The van der Waals surface area contributed by atoms with Gasteiger partial charge in [-0.1, -0.05) is 200 Å². The molecule has 60 heavy (non-hydrogen) atoms. The molecule has 0 bridgehead atoms. The fraction of sp³-hybridized carbons (Fsp3) is 0.574. The lowest BCUT2D eigenvalue weighted by molar-refractivity contribution is -0.167. The van der Waals surface area contributed by atoms with E-state index in [0.29, 0.717) is 12.8 Å². The summed E-state index contributed by atoms with van der Waals surface area (Å²) in [6.45, 7) is 6.24. The van der Waals surface area contributed by atoms with Crippen LogP contribution in [0.2, 0.25) is 0 Å². The van der Waals surface area contributed by atoms with Crippen LogP contribution in [0.25, 0.3) is 0 Å². The smallest absolute Gasteiger partial charge is 0.306 e. The summed E-state index contributed by atoms with van der Waals surface area (Å²) in [5, 5.41) is 0. The highest BCUT2D eigenvalue weighted by molar-refractivity contribution is 5.71. The maximum absolute atomic E-state index is 12.7. The van der Waals surface area contributed by atoms with E-state index in [1.807, 2.05) is 66.8 Å². The van der Waals surface area contributed by atoms with E-state index in [1.54, 1.807) is 0 Å². The maximum atomic E-state index is 12.7. The van der Waals surface area contributed by atoms with E-state index in [1.165, 1.54) is 32.1 Å². The fourth-order valence-corrected chi connectivity index (χ4v) is 5.88. The van der Waals surface area contributed by atoms with Crippen LogP contribution >= 0.6 is 0 Å². The first-order valence-corrected chi connectivity index (χ1v) is 23.7. The van der Waals surface area contributed by atoms with Gasteiger partial charge in [-0.2, -0.15) is 0 Å². The molecule has 336 valence electrons. The summed E-state index contributed by atoms with van der Waals surface area (Å²) in [5.74, 6) is -0.997. The van der Waals surface area contributed by atoms with Gasteiger partial charge in [0.1, 0.15) is 13.2 Å². The molecule has 0 aromatic heterocycles. The molecule has 0 aromatic rings. The Hall–Kier alpha value is -4.19. The first-order chi connectivity index (χ1) is 29.5. The predicted molar refractivity (Wildman–Crippen MR) is 256 cm³/mol. The van der Waals surface area contributed by atoms with Crippen molar-refractivity contribution in [2.24, 2.45) is 0 Å². The first-order valence-electron chi connectivity index (χ1n) is 23.7. The lowest BCUT2D eigenvalue weighted by atomic mass is 10.1. The van der Waals surface area contributed by atoms with Crippen molar-refractivity contribution in [3.05, 3.63) is 122 Å². The molecule has 0 heterocycles. The van der Waals surface area contributed by atoms with Crippen LogP contribution in [0.15, 0.2) is 122 Å². The third-order valence-corrected chi connectivity index (χ3v) is 9.40. The van der Waals surface area contributed by atoms with Crippen molar-refractivity contribution in [1.82, 2.24) is 0 Å². The Kier molecular flexibility index (Phi) is 44.2. The van der Waals surface area contributed by atoms with E-state index >= 15 is 0 Å². The molecule has 0 fully saturated rings. The van der Waals surface area contributed by atoms with Crippen molar-refractivity contribution >= 4 is 17.9 Å². The largest absolute Gasteiger partial charge is 0.462 e. The van der Waals surface area contributed by atoms with Gasteiger partial charge in [-0.15, -0.1) is 0 Å². The Labute approximate surface area is 367 Å². The van der Waals surface area contributed by atoms with Gasteiger partial charge in [-0.25, -0.2) is 0 Å². The number of carbonyl (C=O) groups excluding carboxylic acids is 3. The monoisotopic (exact) mass is 829 g/mol. The van der Waals surface area contributed by atoms with Gasteiger partial charge in [0.2, 0.25) is 0 Å². The Bertz CT molecular complexity index is 1320. The molecule has 0 saturated carbocycles. The Morgan fingerprint density at radius 1 is 0.350 bits per heavy atom. The van der Waals surface area contributed by atoms with Gasteiger partial charge in [0, 0.05) is 19.3 Å². The standard InChI is InChI=1S/C54H84O6/c1-4-7-10-13-16-19-22-25-26-27-28-30-32-35-38-41-44-47-53(56)59-50-51(49-58-52(55)46-43-40-37-34-31-24-21-18-15-12-9-6-3)60-54(57)48-45-42-39-36-33-29-23-20-17-14-11-8-5-2/h7-8,10-11,13-14,16-23,25-28,30,32,51H,4-6,9,12,15,24,29,31,33-50H2,1-3H3/b10-7-,11-8-,16-13-,17-14-,21-18-,22-19-,23-20-,26-25-,28-27+,32-30-.